The first-order chi connectivity index (χ1) is 6.77. The van der Waals surface area contributed by atoms with E-state index in [1.807, 2.05) is 30.5 Å². The van der Waals surface area contributed by atoms with Crippen LogP contribution in [0.2, 0.25) is 0 Å². The first-order valence-electron chi connectivity index (χ1n) is 4.68. The van der Waals surface area contributed by atoms with Crippen LogP contribution in [-0.4, -0.2) is 4.98 Å². The maximum absolute atomic E-state index is 4.38. The van der Waals surface area contributed by atoms with Gasteiger partial charge in [-0.15, -0.1) is 35.9 Å². The molecule has 1 aromatic heterocycles. The fraction of sp³-hybridized carbons (Fsp3) is 0.154. The number of aromatic nitrogens is 1. The summed E-state index contributed by atoms with van der Waals surface area (Å²) in [6, 6.07) is 13.2. The van der Waals surface area contributed by atoms with Gasteiger partial charge in [0.25, 0.3) is 0 Å². The Morgan fingerprint density at radius 2 is 1.93 bits per heavy atom. The van der Waals surface area contributed by atoms with Crippen LogP contribution >= 0.6 is 0 Å². The fourth-order valence-electron chi connectivity index (χ4n) is 1.32. The van der Waals surface area contributed by atoms with Crippen LogP contribution in [0.25, 0.3) is 11.3 Å². The molecule has 0 amide bonds. The molecule has 0 radical (unpaired) electrons. The third-order valence-corrected chi connectivity index (χ3v) is 2.36. The van der Waals surface area contributed by atoms with Crippen LogP contribution in [0.4, 0.5) is 0 Å². The summed E-state index contributed by atoms with van der Waals surface area (Å²) in [4.78, 5) is 4.38. The molecule has 0 spiro atoms. The first kappa shape index (κ1) is 12.0. The number of nitrogens with zero attached hydrogens (tertiary/aromatic N) is 1. The molecule has 0 saturated heterocycles. The average Bonchev–Trinajstić information content (AvgIpc) is 2.23. The molecule has 0 N–H and O–H groups in total. The van der Waals surface area contributed by atoms with Crippen molar-refractivity contribution in [3.8, 4) is 11.3 Å². The monoisotopic (exact) mass is 189 g/mol. The van der Waals surface area contributed by atoms with Crippen molar-refractivity contribution >= 4 is 0 Å². The second-order valence-corrected chi connectivity index (χ2v) is 3.43. The molecule has 0 saturated carbocycles. The van der Waals surface area contributed by atoms with Gasteiger partial charge in [-0.3, -0.25) is 0 Å². The number of aryl methyl sites for hydroxylation is 2. The van der Waals surface area contributed by atoms with Crippen LogP contribution in [0, 0.1) is 19.9 Å². The Morgan fingerprint density at radius 1 is 1.13 bits per heavy atom. The summed E-state index contributed by atoms with van der Waals surface area (Å²) >= 11 is 0. The molecule has 2 aromatic rings. The molecule has 1 nitrogen and oxygen atoms in total. The van der Waals surface area contributed by atoms with Gasteiger partial charge in [-0.25, -0.2) is 0 Å². The molecule has 2 heteroatoms. The van der Waals surface area contributed by atoms with Crippen LogP contribution in [0.1, 0.15) is 11.1 Å². The largest absolute Gasteiger partial charge is 1.00 e. The predicted molar refractivity (Wildman–Crippen MR) is 58.0 cm³/mol. The van der Waals surface area contributed by atoms with Crippen molar-refractivity contribution in [1.82, 2.24) is 4.98 Å². The van der Waals surface area contributed by atoms with Gasteiger partial charge in [-0.2, -0.15) is 0 Å². The second kappa shape index (κ2) is 5.16. The minimum atomic E-state index is 0. The molecule has 1 heterocycles. The number of hydrogen-bond donors (Lipinski definition) is 0. The van der Waals surface area contributed by atoms with E-state index in [9.17, 15) is 0 Å². The smallest absolute Gasteiger partial charge is 0.304 e. The molecule has 0 bridgehead atoms. The van der Waals surface area contributed by atoms with Gasteiger partial charge in [-0.1, -0.05) is 11.6 Å². The molecule has 15 heavy (non-hydrogen) atoms. The minimum absolute atomic E-state index is 0. The summed E-state index contributed by atoms with van der Waals surface area (Å²) in [5.41, 5.74) is 4.54. The number of benzene rings is 1. The maximum Gasteiger partial charge on any atom is 1.00 e. The van der Waals surface area contributed by atoms with Crippen molar-refractivity contribution in [3.05, 3.63) is 53.7 Å². The summed E-state index contributed by atoms with van der Waals surface area (Å²) in [5.74, 6) is 0. The Balaban J connectivity index is 0.00000112. The van der Waals surface area contributed by atoms with E-state index < -0.39 is 0 Å². The van der Waals surface area contributed by atoms with Gasteiger partial charge in [0.1, 0.15) is 0 Å². The van der Waals surface area contributed by atoms with Crippen molar-refractivity contribution < 1.29 is 18.9 Å². The Kier molecular flexibility index (Phi) is 4.14. The van der Waals surface area contributed by atoms with Crippen LogP contribution in [-0.2, 0) is 0 Å². The standard InChI is InChI=1S/C13H12N.Li/c1-10-8-13(14-9-11(10)2)12-6-4-3-5-7-12;/h3-6,8-9H,1-2H3;/q-1;+1. The van der Waals surface area contributed by atoms with Crippen LogP contribution in [0.15, 0.2) is 36.5 Å². The SMILES string of the molecule is Cc1cnc(-c2[c-]cccc2)cc1C.[Li+]. The van der Waals surface area contributed by atoms with Crippen molar-refractivity contribution in [2.75, 3.05) is 0 Å². The summed E-state index contributed by atoms with van der Waals surface area (Å²) in [7, 11) is 0. The third-order valence-electron chi connectivity index (χ3n) is 2.36. The molecule has 0 unspecified atom stereocenters. The van der Waals surface area contributed by atoms with Crippen molar-refractivity contribution in [3.63, 3.8) is 0 Å². The van der Waals surface area contributed by atoms with E-state index in [0.29, 0.717) is 0 Å². The number of rotatable bonds is 1. The van der Waals surface area contributed by atoms with E-state index in [1.54, 1.807) is 0 Å². The van der Waals surface area contributed by atoms with Crippen LogP contribution in [0.3, 0.4) is 0 Å². The molecule has 0 aliphatic carbocycles. The van der Waals surface area contributed by atoms with Crippen molar-refractivity contribution in [1.29, 1.82) is 0 Å². The Labute approximate surface area is 103 Å². The molecule has 1 aromatic carbocycles. The topological polar surface area (TPSA) is 12.9 Å². The molecule has 0 aliphatic heterocycles. The predicted octanol–water partition coefficient (Wildman–Crippen LogP) is 0.170. The summed E-state index contributed by atoms with van der Waals surface area (Å²) in [6.07, 6.45) is 1.91. The zero-order valence-corrected chi connectivity index (χ0v) is 9.41. The van der Waals surface area contributed by atoms with Crippen LogP contribution in [0.5, 0.6) is 0 Å². The van der Waals surface area contributed by atoms with Gasteiger partial charge in [0, 0.05) is 6.20 Å². The fourth-order valence-corrected chi connectivity index (χ4v) is 1.32. The van der Waals surface area contributed by atoms with E-state index in [4.69, 9.17) is 0 Å². The summed E-state index contributed by atoms with van der Waals surface area (Å²) < 4.78 is 0. The Bertz CT molecular complexity index is 438. The first-order valence-corrected chi connectivity index (χ1v) is 4.68. The second-order valence-electron chi connectivity index (χ2n) is 3.43. The molecular formula is C13H12LiN. The molecule has 0 aliphatic rings. The summed E-state index contributed by atoms with van der Waals surface area (Å²) in [6.45, 7) is 4.17. The zero-order chi connectivity index (χ0) is 9.97. The van der Waals surface area contributed by atoms with Gasteiger partial charge < -0.3 is 4.98 Å². The van der Waals surface area contributed by atoms with Crippen molar-refractivity contribution in [2.24, 2.45) is 0 Å². The van der Waals surface area contributed by atoms with Gasteiger partial charge >= 0.3 is 18.9 Å². The summed E-state index contributed by atoms with van der Waals surface area (Å²) in [5, 5.41) is 0. The van der Waals surface area contributed by atoms with E-state index in [0.717, 1.165) is 11.3 Å². The van der Waals surface area contributed by atoms with Crippen molar-refractivity contribution in [2.45, 2.75) is 13.8 Å². The van der Waals surface area contributed by atoms with E-state index in [-0.39, 0.29) is 18.9 Å². The van der Waals surface area contributed by atoms with E-state index >= 15 is 0 Å². The van der Waals surface area contributed by atoms with E-state index in [1.165, 1.54) is 11.1 Å². The molecule has 0 fully saturated rings. The van der Waals surface area contributed by atoms with E-state index in [2.05, 4.69) is 31.0 Å². The number of pyridine rings is 1. The third kappa shape index (κ3) is 2.72. The Hall–Kier alpha value is -1.03. The minimum Gasteiger partial charge on any atom is -0.304 e. The molecule has 70 valence electrons. The number of hydrogen-bond acceptors (Lipinski definition) is 1. The van der Waals surface area contributed by atoms with Gasteiger partial charge in [0.15, 0.2) is 0 Å². The van der Waals surface area contributed by atoms with Gasteiger partial charge in [-0.05, 0) is 25.1 Å². The molecule has 2 rings (SSSR count). The molecular weight excluding hydrogens is 177 g/mol. The average molecular weight is 189 g/mol. The Morgan fingerprint density at radius 3 is 2.53 bits per heavy atom. The normalized spacial score (nSPS) is 9.47. The van der Waals surface area contributed by atoms with Gasteiger partial charge in [0.2, 0.25) is 0 Å². The zero-order valence-electron chi connectivity index (χ0n) is 9.41. The maximum atomic E-state index is 4.38. The quantitative estimate of drug-likeness (QED) is 0.460. The molecule has 0 atom stereocenters. The van der Waals surface area contributed by atoms with Crippen LogP contribution < -0.4 is 18.9 Å². The van der Waals surface area contributed by atoms with Gasteiger partial charge in [0.05, 0.1) is 0 Å².